The lowest BCUT2D eigenvalue weighted by Gasteiger charge is -2.26. The van der Waals surface area contributed by atoms with Crippen LogP contribution in [-0.4, -0.2) is 19.9 Å². The molecule has 0 radical (unpaired) electrons. The summed E-state index contributed by atoms with van der Waals surface area (Å²) in [6.07, 6.45) is 8.92. The van der Waals surface area contributed by atoms with Crippen LogP contribution in [0.15, 0.2) is 103 Å². The van der Waals surface area contributed by atoms with Crippen molar-refractivity contribution in [3.05, 3.63) is 165 Å². The maximum absolute atomic E-state index is 5.81. The summed E-state index contributed by atoms with van der Waals surface area (Å²) in [5.74, 6) is 0. The number of rotatable bonds is 5. The quantitative estimate of drug-likeness (QED) is 0.169. The van der Waals surface area contributed by atoms with Crippen LogP contribution < -0.4 is 0 Å². The Morgan fingerprint density at radius 1 is 0.311 bits per heavy atom. The second kappa shape index (κ2) is 18.7. The fraction of sp³-hybridized carbons (Fsp3) is 0.362. The van der Waals surface area contributed by atoms with E-state index in [0.29, 0.717) is 0 Å². The molecule has 0 unspecified atom stereocenters. The van der Waals surface area contributed by atoms with E-state index >= 15 is 0 Å². The molecular weight excluding hydrogens is 965 g/mol. The topological polar surface area (TPSA) is 57.4 Å². The summed E-state index contributed by atoms with van der Waals surface area (Å²) >= 11 is 3.70. The van der Waals surface area contributed by atoms with Gasteiger partial charge in [-0.25, -0.2) is 9.97 Å². The van der Waals surface area contributed by atoms with Gasteiger partial charge in [0.1, 0.15) is 0 Å². The van der Waals surface area contributed by atoms with Crippen molar-refractivity contribution in [2.45, 2.75) is 162 Å². The Kier molecular flexibility index (Phi) is 13.3. The molecule has 0 saturated carbocycles. The van der Waals surface area contributed by atoms with Gasteiger partial charge in [0.25, 0.3) is 0 Å². The van der Waals surface area contributed by atoms with Crippen LogP contribution in [0.4, 0.5) is 0 Å². The van der Waals surface area contributed by atoms with Crippen LogP contribution in [0.3, 0.4) is 0 Å². The van der Waals surface area contributed by atoms with Crippen molar-refractivity contribution in [3.63, 3.8) is 0 Å². The Hall–Kier alpha value is -6.04. The van der Waals surface area contributed by atoms with E-state index in [1.54, 1.807) is 0 Å². The molecule has 2 aliphatic heterocycles. The van der Waals surface area contributed by atoms with E-state index in [2.05, 4.69) is 278 Å². The highest BCUT2D eigenvalue weighted by molar-refractivity contribution is 9.08. The highest BCUT2D eigenvalue weighted by Crippen LogP contribution is 2.44. The van der Waals surface area contributed by atoms with Gasteiger partial charge < -0.3 is 9.97 Å². The van der Waals surface area contributed by atoms with Gasteiger partial charge in [-0.2, -0.15) is 0 Å². The maximum atomic E-state index is 5.81. The zero-order valence-corrected chi connectivity index (χ0v) is 49.2. The molecule has 4 aromatic carbocycles. The summed E-state index contributed by atoms with van der Waals surface area (Å²) in [5.41, 5.74) is 24.8. The fourth-order valence-corrected chi connectivity index (χ4v) is 10.5. The van der Waals surface area contributed by atoms with E-state index in [-0.39, 0.29) is 32.5 Å². The first-order valence-electron chi connectivity index (χ1n) is 26.7. The van der Waals surface area contributed by atoms with Gasteiger partial charge in [-0.15, -0.1) is 0 Å². The normalized spacial score (nSPS) is 13.6. The molecule has 0 saturated heterocycles. The van der Waals surface area contributed by atoms with Gasteiger partial charge in [0.05, 0.1) is 22.8 Å². The molecule has 0 atom stereocenters. The van der Waals surface area contributed by atoms with Gasteiger partial charge in [-0.05, 0) is 142 Å². The second-order valence-corrected chi connectivity index (χ2v) is 27.8. The van der Waals surface area contributed by atoms with E-state index < -0.39 is 0 Å². The highest BCUT2D eigenvalue weighted by atomic mass is 79.9. The molecule has 7 aromatic rings. The molecule has 74 heavy (non-hydrogen) atoms. The van der Waals surface area contributed by atoms with Gasteiger partial charge in [-0.1, -0.05) is 219 Å². The summed E-state index contributed by atoms with van der Waals surface area (Å²) < 4.78 is 0. The molecule has 382 valence electrons. The summed E-state index contributed by atoms with van der Waals surface area (Å²) in [6.45, 7) is 41.7. The number of aromatic nitrogens is 4. The molecule has 5 heterocycles. The standard InChI is InChI=1S/C69H79BrN4/c1-64(2,3)46-31-43(32-47(37-46)65(4,5)6)61-54-25-23-52(71-54)60(42-21-19-41(40-70)20-22-42)53-24-26-55(72-53)62(44-33-48(66(7,8)9)38-49(34-44)67(10,11)12)57-28-30-59(74-57)63(58-29-27-56(61)73-58)45-35-50(68(13,14)15)39-51(36-45)69(16,17)18/h19-39,71,74H,40H2,1-18H3. The molecule has 2 N–H and O–H groups in total. The fourth-order valence-electron chi connectivity index (χ4n) is 10.1. The Morgan fingerprint density at radius 2 is 0.541 bits per heavy atom. The smallest absolute Gasteiger partial charge is 0.0737 e. The van der Waals surface area contributed by atoms with Gasteiger partial charge >= 0.3 is 0 Å². The Labute approximate surface area is 451 Å². The first-order valence-corrected chi connectivity index (χ1v) is 27.8. The molecule has 9 rings (SSSR count). The minimum atomic E-state index is -0.0910. The highest BCUT2D eigenvalue weighted by Gasteiger charge is 2.28. The first kappa shape index (κ1) is 52.8. The predicted octanol–water partition coefficient (Wildman–Crippen LogP) is 20.0. The Bertz CT molecular complexity index is 3390. The van der Waals surface area contributed by atoms with Crippen LogP contribution >= 0.6 is 15.9 Å². The second-order valence-electron chi connectivity index (χ2n) is 27.2. The van der Waals surface area contributed by atoms with Gasteiger partial charge in [0.15, 0.2) is 0 Å². The van der Waals surface area contributed by atoms with Crippen molar-refractivity contribution >= 4 is 62.3 Å². The van der Waals surface area contributed by atoms with E-state index in [1.165, 1.54) is 38.9 Å². The summed E-state index contributed by atoms with van der Waals surface area (Å²) in [6, 6.07) is 39.5. The van der Waals surface area contributed by atoms with Crippen LogP contribution in [0.5, 0.6) is 0 Å². The number of aromatic amines is 2. The zero-order valence-electron chi connectivity index (χ0n) is 47.6. The van der Waals surface area contributed by atoms with Gasteiger partial charge in [0.2, 0.25) is 0 Å². The monoisotopic (exact) mass is 1040 g/mol. The van der Waals surface area contributed by atoms with Crippen molar-refractivity contribution in [1.29, 1.82) is 0 Å². The van der Waals surface area contributed by atoms with E-state index in [1.807, 2.05) is 0 Å². The lowest BCUT2D eigenvalue weighted by molar-refractivity contribution is 0.568. The number of nitrogens with zero attached hydrogens (tertiary/aromatic N) is 2. The predicted molar refractivity (Wildman–Crippen MR) is 325 cm³/mol. The number of H-pyrrole nitrogens is 2. The number of alkyl halides is 1. The molecule has 5 heteroatoms. The minimum absolute atomic E-state index is 0.0862. The van der Waals surface area contributed by atoms with Gasteiger partial charge in [0, 0.05) is 49.7 Å². The lowest BCUT2D eigenvalue weighted by atomic mass is 9.78. The largest absolute Gasteiger partial charge is 0.354 e. The third kappa shape index (κ3) is 10.6. The lowest BCUT2D eigenvalue weighted by Crippen LogP contribution is -2.16. The third-order valence-electron chi connectivity index (χ3n) is 15.0. The summed E-state index contributed by atoms with van der Waals surface area (Å²) in [5, 5.41) is 0.782. The molecule has 0 fully saturated rings. The van der Waals surface area contributed by atoms with E-state index in [4.69, 9.17) is 9.97 Å². The number of nitrogens with one attached hydrogen (secondary N) is 2. The Balaban J connectivity index is 1.52. The number of benzene rings is 4. The van der Waals surface area contributed by atoms with Crippen LogP contribution in [0.1, 0.15) is 186 Å². The molecule has 8 bridgehead atoms. The van der Waals surface area contributed by atoms with Crippen molar-refractivity contribution < 1.29 is 0 Å². The first-order chi connectivity index (χ1) is 34.4. The molecule has 0 amide bonds. The molecule has 4 nitrogen and oxygen atoms in total. The number of hydrogen-bond donors (Lipinski definition) is 2. The molecular formula is C69H79BrN4. The van der Waals surface area contributed by atoms with Crippen molar-refractivity contribution in [2.24, 2.45) is 0 Å². The maximum Gasteiger partial charge on any atom is 0.0737 e. The average molecular weight is 1040 g/mol. The minimum Gasteiger partial charge on any atom is -0.354 e. The average Bonchev–Trinajstić information content (AvgIpc) is 4.16. The van der Waals surface area contributed by atoms with E-state index in [9.17, 15) is 0 Å². The number of hydrogen-bond acceptors (Lipinski definition) is 2. The van der Waals surface area contributed by atoms with Crippen molar-refractivity contribution in [2.75, 3.05) is 0 Å². The number of fused-ring (bicyclic) bond motifs is 8. The molecule has 2 aliphatic rings. The van der Waals surface area contributed by atoms with Crippen LogP contribution in [0, 0.1) is 0 Å². The molecule has 3 aromatic heterocycles. The van der Waals surface area contributed by atoms with Gasteiger partial charge in [-0.3, -0.25) is 0 Å². The van der Waals surface area contributed by atoms with Crippen molar-refractivity contribution in [3.8, 4) is 44.5 Å². The number of halogens is 1. The van der Waals surface area contributed by atoms with Crippen molar-refractivity contribution in [1.82, 2.24) is 19.9 Å². The zero-order chi connectivity index (χ0) is 53.7. The van der Waals surface area contributed by atoms with Crippen LogP contribution in [-0.2, 0) is 37.8 Å². The SMILES string of the molecule is CC(C)(C)c1cc(-c2c3nc(c(-c4cc(C(C)(C)C)cc(C(C)(C)C)c4)c4ccc([nH]4)c(-c4cc(C(C)(C)C)cc(C(C)(C)C)c4)c4nc(c(-c5ccc(CBr)cc5)c5ccc2[nH]5)C=C4)C=C3)cc(C(C)(C)C)c1. The third-order valence-corrected chi connectivity index (χ3v) is 15.7. The van der Waals surface area contributed by atoms with Crippen LogP contribution in [0.2, 0.25) is 0 Å². The van der Waals surface area contributed by atoms with E-state index in [0.717, 1.165) is 94.7 Å². The summed E-state index contributed by atoms with van der Waals surface area (Å²) in [7, 11) is 0. The van der Waals surface area contributed by atoms with Crippen LogP contribution in [0.25, 0.3) is 90.9 Å². The molecule has 0 spiro atoms. The Morgan fingerprint density at radius 3 is 0.757 bits per heavy atom. The summed E-state index contributed by atoms with van der Waals surface area (Å²) in [4.78, 5) is 19.7. The molecule has 0 aliphatic carbocycles.